The summed E-state index contributed by atoms with van der Waals surface area (Å²) in [5, 5.41) is 0. The molecule has 0 aliphatic carbocycles. The van der Waals surface area contributed by atoms with E-state index in [2.05, 4.69) is 15.0 Å². The van der Waals surface area contributed by atoms with E-state index in [4.69, 9.17) is 0 Å². The van der Waals surface area contributed by atoms with E-state index in [1.165, 1.54) is 0 Å². The molecule has 2 atom stereocenters. The van der Waals surface area contributed by atoms with Gasteiger partial charge in [-0.3, -0.25) is 9.59 Å². The molecular formula is C18H22N6O2. The maximum atomic E-state index is 13.3. The van der Waals surface area contributed by atoms with Gasteiger partial charge in [0.1, 0.15) is 18.2 Å². The number of aromatic nitrogens is 4. The molecule has 2 amide bonds. The molecule has 1 fully saturated rings. The van der Waals surface area contributed by atoms with Crippen molar-refractivity contribution in [1.82, 2.24) is 29.3 Å². The average molecular weight is 354 g/mol. The molecular weight excluding hydrogens is 332 g/mol. The minimum Gasteiger partial charge on any atom is -0.338 e. The molecule has 0 unspecified atom stereocenters. The summed E-state index contributed by atoms with van der Waals surface area (Å²) in [6.07, 6.45) is 7.83. The topological polar surface area (TPSA) is 84.2 Å². The van der Waals surface area contributed by atoms with Crippen molar-refractivity contribution >= 4 is 11.8 Å². The maximum absolute atomic E-state index is 13.3. The molecule has 136 valence electrons. The second kappa shape index (κ2) is 6.51. The van der Waals surface area contributed by atoms with E-state index in [0.717, 1.165) is 23.5 Å². The molecule has 8 heteroatoms. The van der Waals surface area contributed by atoms with Crippen molar-refractivity contribution < 1.29 is 9.59 Å². The molecule has 26 heavy (non-hydrogen) atoms. The fourth-order valence-corrected chi connectivity index (χ4v) is 4.06. The number of fused-ring (bicyclic) bond motifs is 1. The molecule has 2 aliphatic heterocycles. The van der Waals surface area contributed by atoms with Crippen LogP contribution >= 0.6 is 0 Å². The Kier molecular flexibility index (Phi) is 4.18. The van der Waals surface area contributed by atoms with Gasteiger partial charge in [0.2, 0.25) is 11.8 Å². The molecule has 0 saturated carbocycles. The summed E-state index contributed by atoms with van der Waals surface area (Å²) >= 11 is 0. The Morgan fingerprint density at radius 3 is 2.92 bits per heavy atom. The summed E-state index contributed by atoms with van der Waals surface area (Å²) < 4.78 is 1.89. The third-order valence-electron chi connectivity index (χ3n) is 5.39. The Morgan fingerprint density at radius 1 is 1.35 bits per heavy atom. The zero-order chi connectivity index (χ0) is 18.3. The zero-order valence-electron chi connectivity index (χ0n) is 15.0. The number of likely N-dealkylation sites (tertiary alicyclic amines) is 1. The van der Waals surface area contributed by atoms with Crippen molar-refractivity contribution in [3.63, 3.8) is 0 Å². The summed E-state index contributed by atoms with van der Waals surface area (Å²) in [7, 11) is 1.90. The van der Waals surface area contributed by atoms with Crippen LogP contribution in [0.15, 0.2) is 24.9 Å². The summed E-state index contributed by atoms with van der Waals surface area (Å²) in [6.45, 7) is 3.62. The second-order valence-electron chi connectivity index (χ2n) is 6.84. The van der Waals surface area contributed by atoms with E-state index in [9.17, 15) is 9.59 Å². The van der Waals surface area contributed by atoms with Crippen molar-refractivity contribution in [2.45, 2.75) is 32.4 Å². The van der Waals surface area contributed by atoms with Crippen molar-refractivity contribution in [2.24, 2.45) is 13.0 Å². The number of carbonyl (C=O) groups excluding carboxylic acids is 2. The van der Waals surface area contributed by atoms with E-state index in [1.807, 2.05) is 29.6 Å². The van der Waals surface area contributed by atoms with Crippen LogP contribution in [-0.2, 0) is 29.6 Å². The van der Waals surface area contributed by atoms with Gasteiger partial charge in [-0.2, -0.15) is 0 Å². The van der Waals surface area contributed by atoms with Crippen molar-refractivity contribution in [3.05, 3.63) is 42.0 Å². The molecule has 0 spiro atoms. The maximum Gasteiger partial charge on any atom is 0.229 e. The first kappa shape index (κ1) is 16.7. The van der Waals surface area contributed by atoms with Crippen LogP contribution in [0, 0.1) is 5.92 Å². The number of nitrogens with zero attached hydrogens (tertiary/aromatic N) is 6. The van der Waals surface area contributed by atoms with Gasteiger partial charge >= 0.3 is 0 Å². The summed E-state index contributed by atoms with van der Waals surface area (Å²) in [5.41, 5.74) is 1.99. The lowest BCUT2D eigenvalue weighted by atomic mass is 9.96. The standard InChI is InChI=1S/C18H22N6O2/c1-3-24-15(25)8-13(16(24)17-20-5-7-22(17)2)18(26)23-6-4-14-12(10-23)9-19-11-21-14/h5,7,9,11,13,16H,3-4,6,8,10H2,1-2H3/t13-,16-/m0/s1. The summed E-state index contributed by atoms with van der Waals surface area (Å²) in [6, 6.07) is -0.312. The lowest BCUT2D eigenvalue weighted by Gasteiger charge is -2.32. The lowest BCUT2D eigenvalue weighted by Crippen LogP contribution is -2.42. The fraction of sp³-hybridized carbons (Fsp3) is 0.500. The van der Waals surface area contributed by atoms with Gasteiger partial charge in [-0.25, -0.2) is 15.0 Å². The third-order valence-corrected chi connectivity index (χ3v) is 5.39. The molecule has 0 radical (unpaired) electrons. The molecule has 4 rings (SSSR count). The predicted octanol–water partition coefficient (Wildman–Crippen LogP) is 0.704. The smallest absolute Gasteiger partial charge is 0.229 e. The van der Waals surface area contributed by atoms with Crippen molar-refractivity contribution in [3.8, 4) is 0 Å². The summed E-state index contributed by atoms with van der Waals surface area (Å²) in [4.78, 5) is 42.2. The van der Waals surface area contributed by atoms with Crippen LogP contribution in [0.3, 0.4) is 0 Å². The highest BCUT2D eigenvalue weighted by Crippen LogP contribution is 2.38. The number of amides is 2. The minimum atomic E-state index is -0.408. The van der Waals surface area contributed by atoms with Crippen LogP contribution in [0.2, 0.25) is 0 Å². The Labute approximate surface area is 151 Å². The van der Waals surface area contributed by atoms with Crippen LogP contribution in [0.4, 0.5) is 0 Å². The Morgan fingerprint density at radius 2 is 2.19 bits per heavy atom. The van der Waals surface area contributed by atoms with Crippen LogP contribution < -0.4 is 0 Å². The molecule has 0 aromatic carbocycles. The van der Waals surface area contributed by atoms with E-state index in [1.54, 1.807) is 23.6 Å². The van der Waals surface area contributed by atoms with E-state index in [-0.39, 0.29) is 24.3 Å². The lowest BCUT2D eigenvalue weighted by molar-refractivity contribution is -0.137. The first-order chi connectivity index (χ1) is 12.6. The van der Waals surface area contributed by atoms with E-state index < -0.39 is 5.92 Å². The first-order valence-electron chi connectivity index (χ1n) is 8.93. The van der Waals surface area contributed by atoms with Crippen LogP contribution in [0.25, 0.3) is 0 Å². The number of rotatable bonds is 3. The average Bonchev–Trinajstić information content (AvgIpc) is 3.22. The van der Waals surface area contributed by atoms with Crippen molar-refractivity contribution in [2.75, 3.05) is 13.1 Å². The van der Waals surface area contributed by atoms with Gasteiger partial charge < -0.3 is 14.4 Å². The number of carbonyl (C=O) groups is 2. The predicted molar refractivity (Wildman–Crippen MR) is 92.6 cm³/mol. The monoisotopic (exact) mass is 354 g/mol. The first-order valence-corrected chi connectivity index (χ1v) is 8.93. The van der Waals surface area contributed by atoms with Gasteiger partial charge in [0.25, 0.3) is 0 Å². The van der Waals surface area contributed by atoms with Gasteiger partial charge in [-0.1, -0.05) is 0 Å². The molecule has 1 saturated heterocycles. The normalized spacial score (nSPS) is 22.6. The van der Waals surface area contributed by atoms with Crippen LogP contribution in [-0.4, -0.2) is 54.2 Å². The largest absolute Gasteiger partial charge is 0.338 e. The Balaban J connectivity index is 1.62. The number of imidazole rings is 1. The number of hydrogen-bond acceptors (Lipinski definition) is 5. The van der Waals surface area contributed by atoms with E-state index >= 15 is 0 Å². The van der Waals surface area contributed by atoms with Gasteiger partial charge in [0.05, 0.1) is 11.6 Å². The number of hydrogen-bond donors (Lipinski definition) is 0. The zero-order valence-corrected chi connectivity index (χ0v) is 15.0. The third kappa shape index (κ3) is 2.65. The van der Waals surface area contributed by atoms with Gasteiger partial charge in [-0.15, -0.1) is 0 Å². The highest BCUT2D eigenvalue weighted by atomic mass is 16.2. The number of aryl methyl sites for hydroxylation is 1. The molecule has 0 bridgehead atoms. The van der Waals surface area contributed by atoms with Gasteiger partial charge in [0.15, 0.2) is 0 Å². The van der Waals surface area contributed by atoms with Gasteiger partial charge in [0, 0.05) is 63.7 Å². The summed E-state index contributed by atoms with van der Waals surface area (Å²) in [5.74, 6) is 0.378. The highest BCUT2D eigenvalue weighted by Gasteiger charge is 2.47. The van der Waals surface area contributed by atoms with Crippen molar-refractivity contribution in [1.29, 1.82) is 0 Å². The van der Waals surface area contributed by atoms with E-state index in [0.29, 0.717) is 19.6 Å². The Bertz CT molecular complexity index is 848. The minimum absolute atomic E-state index is 0.0109. The van der Waals surface area contributed by atoms with Gasteiger partial charge in [-0.05, 0) is 6.92 Å². The molecule has 2 aliphatic rings. The van der Waals surface area contributed by atoms with Crippen LogP contribution in [0.1, 0.15) is 36.5 Å². The fourth-order valence-electron chi connectivity index (χ4n) is 4.06. The molecule has 2 aromatic rings. The molecule has 2 aromatic heterocycles. The quantitative estimate of drug-likeness (QED) is 0.810. The Hall–Kier alpha value is -2.77. The SMILES string of the molecule is CCN1C(=O)C[C@H](C(=O)N2CCc3ncncc3C2)[C@H]1c1nccn1C. The molecule has 0 N–H and O–H groups in total. The van der Waals surface area contributed by atoms with Crippen LogP contribution in [0.5, 0.6) is 0 Å². The molecule has 4 heterocycles. The molecule has 8 nitrogen and oxygen atoms in total. The second-order valence-corrected chi connectivity index (χ2v) is 6.84. The highest BCUT2D eigenvalue weighted by molar-refractivity contribution is 5.90.